The van der Waals surface area contributed by atoms with Gasteiger partial charge in [0.05, 0.1) is 30.4 Å². The highest BCUT2D eigenvalue weighted by molar-refractivity contribution is 6.30. The van der Waals surface area contributed by atoms with E-state index in [1.165, 1.54) is 17.0 Å². The van der Waals surface area contributed by atoms with Crippen molar-refractivity contribution in [3.8, 4) is 23.0 Å². The first kappa shape index (κ1) is 38.3. The second kappa shape index (κ2) is 16.3. The van der Waals surface area contributed by atoms with E-state index in [9.17, 15) is 24.6 Å². The summed E-state index contributed by atoms with van der Waals surface area (Å²) in [6, 6.07) is 21.3. The Labute approximate surface area is 323 Å². The van der Waals surface area contributed by atoms with Crippen molar-refractivity contribution in [3.63, 3.8) is 0 Å². The highest BCUT2D eigenvalue weighted by Crippen LogP contribution is 2.46. The number of hydrogen-bond acceptors (Lipinski definition) is 8. The number of amides is 4. The fourth-order valence-corrected chi connectivity index (χ4v) is 6.80. The molecule has 0 spiro atoms. The number of aromatic hydroxyl groups is 2. The maximum absolute atomic E-state index is 14.9. The van der Waals surface area contributed by atoms with Gasteiger partial charge in [0, 0.05) is 42.3 Å². The number of halogens is 2. The van der Waals surface area contributed by atoms with Gasteiger partial charge in [-0.3, -0.25) is 19.5 Å². The average Bonchev–Trinajstić information content (AvgIpc) is 3.54. The Morgan fingerprint density at radius 1 is 0.926 bits per heavy atom. The lowest BCUT2D eigenvalue weighted by molar-refractivity contribution is -0.134. The first-order valence-corrected chi connectivity index (χ1v) is 18.2. The van der Waals surface area contributed by atoms with Gasteiger partial charge in [-0.05, 0) is 79.9 Å². The van der Waals surface area contributed by atoms with Crippen LogP contribution in [0.25, 0.3) is 0 Å². The Kier molecular flexibility index (Phi) is 11.5. The van der Waals surface area contributed by atoms with Crippen LogP contribution in [0.5, 0.6) is 23.0 Å². The Bertz CT molecular complexity index is 2070. The number of phenols is 2. The molecule has 2 aliphatic rings. The summed E-state index contributed by atoms with van der Waals surface area (Å²) in [6.07, 6.45) is -0.202. The number of carbonyl (C=O) groups excluding carboxylic acids is 3. The van der Waals surface area contributed by atoms with E-state index >= 15 is 0 Å². The predicted octanol–water partition coefficient (Wildman–Crippen LogP) is 6.75. The van der Waals surface area contributed by atoms with Crippen LogP contribution >= 0.6 is 23.2 Å². The first-order valence-electron chi connectivity index (χ1n) is 17.5. The molecule has 282 valence electrons. The van der Waals surface area contributed by atoms with Gasteiger partial charge in [-0.1, -0.05) is 53.5 Å². The fraction of sp³-hybridized carbons (Fsp3) is 0.300. The molecule has 1 saturated heterocycles. The van der Waals surface area contributed by atoms with Gasteiger partial charge >= 0.3 is 6.03 Å². The molecule has 0 radical (unpaired) electrons. The maximum atomic E-state index is 14.9. The van der Waals surface area contributed by atoms with E-state index in [0.29, 0.717) is 38.5 Å². The molecule has 2 atom stereocenters. The van der Waals surface area contributed by atoms with E-state index in [-0.39, 0.29) is 56.0 Å². The number of aryl methyl sites for hydroxylation is 1. The van der Waals surface area contributed by atoms with Gasteiger partial charge in [-0.2, -0.15) is 0 Å². The Morgan fingerprint density at radius 3 is 2.22 bits per heavy atom. The largest absolute Gasteiger partial charge is 0.504 e. The smallest absolute Gasteiger partial charge is 0.326 e. The minimum atomic E-state index is -0.638. The molecule has 2 heterocycles. The molecule has 0 bridgehead atoms. The van der Waals surface area contributed by atoms with Gasteiger partial charge in [-0.15, -0.1) is 0 Å². The lowest BCUT2D eigenvalue weighted by Crippen LogP contribution is -2.57. The lowest BCUT2D eigenvalue weighted by atomic mass is 9.93. The second-order valence-corrected chi connectivity index (χ2v) is 14.2. The zero-order valence-electron chi connectivity index (χ0n) is 30.3. The second-order valence-electron chi connectivity index (χ2n) is 13.3. The number of urea groups is 1. The fourth-order valence-electron chi connectivity index (χ4n) is 6.54. The van der Waals surface area contributed by atoms with E-state index < -0.39 is 29.8 Å². The van der Waals surface area contributed by atoms with Crippen LogP contribution in [0.4, 0.5) is 4.79 Å². The zero-order valence-corrected chi connectivity index (χ0v) is 31.8. The van der Waals surface area contributed by atoms with Gasteiger partial charge in [0.15, 0.2) is 11.5 Å². The number of phenolic OH excluding ortho intramolecular Hbond substituents is 2. The molecule has 0 aromatic heterocycles. The standard InChI is InChI=1S/C40H41Cl2N5O7/c1-23(2)54-32-21-29(53-4)14-16-30(32)38-44-34(25-6-10-27(41)11-7-25)35(26-8-12-28(42)13-9-26)47(38)40(52)46-20-19-45(33(48)22-46)18-17-43-39(51)31-15-5-24(3)36(49)37(31)50/h5-16,21,23,34-35,49-50H,17-20,22H2,1-4H3,(H,43,51)/t34-,35+/m0/s1. The third-order valence-corrected chi connectivity index (χ3v) is 9.85. The van der Waals surface area contributed by atoms with Crippen LogP contribution in [0.3, 0.4) is 0 Å². The molecular formula is C40H41Cl2N5O7. The topological polar surface area (TPSA) is 144 Å². The normalized spacial score (nSPS) is 17.1. The summed E-state index contributed by atoms with van der Waals surface area (Å²) in [5, 5.41) is 24.0. The van der Waals surface area contributed by atoms with Crippen molar-refractivity contribution in [1.82, 2.24) is 20.0 Å². The number of rotatable bonds is 10. The summed E-state index contributed by atoms with van der Waals surface area (Å²) in [7, 11) is 1.56. The highest BCUT2D eigenvalue weighted by atomic mass is 35.5. The number of benzene rings is 4. The monoisotopic (exact) mass is 773 g/mol. The predicted molar refractivity (Wildman–Crippen MR) is 206 cm³/mol. The Balaban J connectivity index is 1.29. The third kappa shape index (κ3) is 8.04. The van der Waals surface area contributed by atoms with Crippen LogP contribution in [-0.2, 0) is 4.79 Å². The molecule has 3 N–H and O–H groups in total. The molecule has 4 amide bonds. The summed E-state index contributed by atoms with van der Waals surface area (Å²) in [4.78, 5) is 51.1. The van der Waals surface area contributed by atoms with Crippen molar-refractivity contribution >= 4 is 46.9 Å². The molecule has 6 rings (SSSR count). The van der Waals surface area contributed by atoms with Crippen LogP contribution in [0, 0.1) is 6.92 Å². The summed E-state index contributed by atoms with van der Waals surface area (Å²) >= 11 is 12.6. The van der Waals surface area contributed by atoms with Crippen LogP contribution in [0.1, 0.15) is 58.5 Å². The maximum Gasteiger partial charge on any atom is 0.326 e. The Morgan fingerprint density at radius 2 is 1.59 bits per heavy atom. The van der Waals surface area contributed by atoms with E-state index in [4.69, 9.17) is 37.7 Å². The van der Waals surface area contributed by atoms with Crippen LogP contribution in [0.2, 0.25) is 10.0 Å². The number of hydrogen-bond donors (Lipinski definition) is 3. The van der Waals surface area contributed by atoms with Gasteiger partial charge in [0.2, 0.25) is 5.91 Å². The number of aliphatic imine (C=N–C) groups is 1. The van der Waals surface area contributed by atoms with E-state index in [2.05, 4.69) is 5.32 Å². The summed E-state index contributed by atoms with van der Waals surface area (Å²) in [5.74, 6) is -0.353. The average molecular weight is 775 g/mol. The van der Waals surface area contributed by atoms with Gasteiger partial charge in [-0.25, -0.2) is 4.79 Å². The van der Waals surface area contributed by atoms with E-state index in [1.807, 2.05) is 44.2 Å². The molecule has 2 aliphatic heterocycles. The summed E-state index contributed by atoms with van der Waals surface area (Å²) in [6.45, 7) is 5.91. The van der Waals surface area contributed by atoms with Crippen molar-refractivity contribution in [2.75, 3.05) is 39.8 Å². The van der Waals surface area contributed by atoms with Crippen molar-refractivity contribution in [2.24, 2.45) is 4.99 Å². The minimum absolute atomic E-state index is 0.0751. The summed E-state index contributed by atoms with van der Waals surface area (Å²) in [5.41, 5.74) is 2.53. The number of carbonyl (C=O) groups is 3. The van der Waals surface area contributed by atoms with Gasteiger partial charge < -0.3 is 34.8 Å². The van der Waals surface area contributed by atoms with Crippen LogP contribution in [-0.4, -0.2) is 94.5 Å². The quantitative estimate of drug-likeness (QED) is 0.151. The van der Waals surface area contributed by atoms with E-state index in [0.717, 1.165) is 11.1 Å². The Hall–Kier alpha value is -5.46. The number of piperazine rings is 1. The third-order valence-electron chi connectivity index (χ3n) is 9.34. The SMILES string of the molecule is COc1ccc(C2=N[C@@H](c3ccc(Cl)cc3)[C@@H](c3ccc(Cl)cc3)N2C(=O)N2CCN(CCNC(=O)c3ccc(C)c(O)c3O)C(=O)C2)c(OC(C)C)c1. The minimum Gasteiger partial charge on any atom is -0.504 e. The summed E-state index contributed by atoms with van der Waals surface area (Å²) < 4.78 is 11.8. The molecule has 14 heteroatoms. The first-order chi connectivity index (χ1) is 25.9. The van der Waals surface area contributed by atoms with Gasteiger partial charge in [0.25, 0.3) is 5.91 Å². The van der Waals surface area contributed by atoms with Crippen molar-refractivity contribution in [3.05, 3.63) is 117 Å². The zero-order chi connectivity index (χ0) is 38.7. The van der Waals surface area contributed by atoms with Gasteiger partial charge in [0.1, 0.15) is 29.9 Å². The molecule has 0 unspecified atom stereocenters. The molecule has 54 heavy (non-hydrogen) atoms. The highest BCUT2D eigenvalue weighted by Gasteiger charge is 2.45. The van der Waals surface area contributed by atoms with Crippen molar-refractivity contribution < 1.29 is 34.1 Å². The molecule has 0 aliphatic carbocycles. The van der Waals surface area contributed by atoms with E-state index in [1.54, 1.807) is 60.2 Å². The molecular weight excluding hydrogens is 733 g/mol. The molecule has 12 nitrogen and oxygen atoms in total. The van der Waals surface area contributed by atoms with Crippen LogP contribution in [0.15, 0.2) is 83.9 Å². The molecule has 4 aromatic rings. The van der Waals surface area contributed by atoms with Crippen LogP contribution < -0.4 is 14.8 Å². The molecule has 4 aromatic carbocycles. The van der Waals surface area contributed by atoms with Crippen molar-refractivity contribution in [1.29, 1.82) is 0 Å². The molecule has 1 fully saturated rings. The number of nitrogens with zero attached hydrogens (tertiary/aromatic N) is 4. The van der Waals surface area contributed by atoms with Crippen molar-refractivity contribution in [2.45, 2.75) is 39.0 Å². The number of methoxy groups -OCH3 is 1. The number of ether oxygens (including phenoxy) is 2. The molecule has 0 saturated carbocycles. The number of amidine groups is 1. The lowest BCUT2D eigenvalue weighted by Gasteiger charge is -2.38. The number of nitrogens with one attached hydrogen (secondary N) is 1.